The van der Waals surface area contributed by atoms with Crippen LogP contribution in [0.15, 0.2) is 35.1 Å². The first-order valence-corrected chi connectivity index (χ1v) is 9.69. The number of aryl methyl sites for hydroxylation is 1. The van der Waals surface area contributed by atoms with Gasteiger partial charge in [-0.3, -0.25) is 9.13 Å². The number of fused-ring (bicyclic) bond motifs is 1. The molecule has 1 saturated heterocycles. The largest absolute Gasteiger partial charge is 0.390 e. The Morgan fingerprint density at radius 1 is 1.37 bits per heavy atom. The molecule has 2 aromatic heterocycles. The average Bonchev–Trinajstić information content (AvgIpc) is 2.98. The van der Waals surface area contributed by atoms with Crippen molar-refractivity contribution >= 4 is 22.5 Å². The van der Waals surface area contributed by atoms with Crippen LogP contribution in [0, 0.1) is 6.57 Å². The third kappa shape index (κ3) is 3.70. The number of aromatic nitrogens is 3. The number of aliphatic hydroxyl groups is 1. The van der Waals surface area contributed by atoms with Crippen molar-refractivity contribution in [2.75, 3.05) is 18.0 Å². The summed E-state index contributed by atoms with van der Waals surface area (Å²) in [6.07, 6.45) is 1.94. The smallest absolute Gasteiger partial charge is 0.330 e. The monoisotopic (exact) mass is 408 g/mol. The molecule has 0 amide bonds. The molecule has 1 fully saturated rings. The normalized spacial score (nSPS) is 16.3. The summed E-state index contributed by atoms with van der Waals surface area (Å²) in [5.74, 6) is 0. The van der Waals surface area contributed by atoms with E-state index in [0.717, 1.165) is 30.6 Å². The molecular weight excluding hydrogens is 380 g/mol. The molecule has 158 valence electrons. The van der Waals surface area contributed by atoms with Crippen molar-refractivity contribution in [2.24, 2.45) is 12.8 Å². The van der Waals surface area contributed by atoms with Crippen LogP contribution < -0.4 is 16.3 Å². The minimum Gasteiger partial charge on any atom is -0.390 e. The standard InChI is InChI=1S/C21H24N6O2.CH4/c1-23-17-8-4-3-6-14(17)11-27-19-18(26-9-5-7-15(22)12-26)10-16(13-28)24-20(19)25(2)21(27)29;/h3-4,6,8,10,15,28H,5,7,9,11-13,22H2,2H3;1H4/t15-;/m1./s1. The molecule has 8 heteroatoms. The fourth-order valence-corrected chi connectivity index (χ4v) is 4.04. The molecule has 3 N–H and O–H groups in total. The zero-order valence-corrected chi connectivity index (χ0v) is 16.4. The summed E-state index contributed by atoms with van der Waals surface area (Å²) in [6.45, 7) is 9.01. The number of hydrogen-bond acceptors (Lipinski definition) is 5. The van der Waals surface area contributed by atoms with E-state index in [0.29, 0.717) is 29.1 Å². The van der Waals surface area contributed by atoms with Crippen molar-refractivity contribution in [3.8, 4) is 0 Å². The first kappa shape index (κ1) is 21.6. The first-order chi connectivity index (χ1) is 14.0. The van der Waals surface area contributed by atoms with Gasteiger partial charge >= 0.3 is 5.69 Å². The second-order valence-corrected chi connectivity index (χ2v) is 7.48. The van der Waals surface area contributed by atoms with Crippen molar-refractivity contribution in [1.82, 2.24) is 14.1 Å². The molecular formula is C22H28N6O2. The molecule has 4 rings (SSSR count). The van der Waals surface area contributed by atoms with Crippen LogP contribution in [0.3, 0.4) is 0 Å². The van der Waals surface area contributed by atoms with Crippen molar-refractivity contribution in [2.45, 2.75) is 39.5 Å². The lowest BCUT2D eigenvalue weighted by Crippen LogP contribution is -2.43. The maximum atomic E-state index is 13.1. The molecule has 8 nitrogen and oxygen atoms in total. The van der Waals surface area contributed by atoms with Crippen LogP contribution in [-0.2, 0) is 20.2 Å². The van der Waals surface area contributed by atoms with Crippen molar-refractivity contribution in [1.29, 1.82) is 0 Å². The Labute approximate surface area is 176 Å². The fourth-order valence-electron chi connectivity index (χ4n) is 4.04. The molecule has 1 aromatic carbocycles. The van der Waals surface area contributed by atoms with Gasteiger partial charge in [-0.2, -0.15) is 0 Å². The van der Waals surface area contributed by atoms with Gasteiger partial charge in [0.25, 0.3) is 0 Å². The van der Waals surface area contributed by atoms with Gasteiger partial charge in [0.1, 0.15) is 5.52 Å². The Balaban J connectivity index is 0.00000256. The summed E-state index contributed by atoms with van der Waals surface area (Å²) >= 11 is 0. The highest BCUT2D eigenvalue weighted by molar-refractivity contribution is 5.87. The Kier molecular flexibility index (Phi) is 6.25. The van der Waals surface area contributed by atoms with E-state index in [2.05, 4.69) is 14.7 Å². The second kappa shape index (κ2) is 8.69. The van der Waals surface area contributed by atoms with Gasteiger partial charge in [0.05, 0.1) is 24.6 Å². The maximum absolute atomic E-state index is 13.1. The minimum atomic E-state index is -0.206. The number of piperidine rings is 1. The summed E-state index contributed by atoms with van der Waals surface area (Å²) in [6, 6.07) is 9.22. The molecule has 0 spiro atoms. The molecule has 0 radical (unpaired) electrons. The second-order valence-electron chi connectivity index (χ2n) is 7.48. The predicted octanol–water partition coefficient (Wildman–Crippen LogP) is 2.39. The van der Waals surface area contributed by atoms with Crippen LogP contribution in [0.2, 0.25) is 0 Å². The fraction of sp³-hybridized carbons (Fsp3) is 0.409. The van der Waals surface area contributed by atoms with Gasteiger partial charge in [0.2, 0.25) is 0 Å². The maximum Gasteiger partial charge on any atom is 0.330 e. The highest BCUT2D eigenvalue weighted by Gasteiger charge is 2.24. The molecule has 3 aromatic rings. The van der Waals surface area contributed by atoms with E-state index < -0.39 is 0 Å². The minimum absolute atomic E-state index is 0. The van der Waals surface area contributed by atoms with Crippen LogP contribution in [-0.4, -0.2) is 38.4 Å². The number of nitrogens with zero attached hydrogens (tertiary/aromatic N) is 5. The van der Waals surface area contributed by atoms with E-state index in [4.69, 9.17) is 12.3 Å². The number of nitrogens with two attached hydrogens (primary N) is 1. The molecule has 1 aliphatic heterocycles. The lowest BCUT2D eigenvalue weighted by Gasteiger charge is -2.33. The number of anilines is 1. The van der Waals surface area contributed by atoms with E-state index in [1.54, 1.807) is 17.7 Å². The van der Waals surface area contributed by atoms with Crippen LogP contribution in [0.4, 0.5) is 11.4 Å². The first-order valence-electron chi connectivity index (χ1n) is 9.69. The van der Waals surface area contributed by atoms with E-state index in [-0.39, 0.29) is 32.3 Å². The molecule has 0 unspecified atom stereocenters. The molecule has 3 heterocycles. The van der Waals surface area contributed by atoms with E-state index in [1.807, 2.05) is 24.3 Å². The number of imidazole rings is 1. The van der Waals surface area contributed by atoms with Gasteiger partial charge in [0, 0.05) is 32.7 Å². The molecule has 0 bridgehead atoms. The molecule has 1 aliphatic rings. The predicted molar refractivity (Wildman–Crippen MR) is 119 cm³/mol. The number of hydrogen-bond donors (Lipinski definition) is 2. The topological polar surface area (TPSA) is 93.7 Å². The van der Waals surface area contributed by atoms with Crippen LogP contribution in [0.25, 0.3) is 16.0 Å². The summed E-state index contributed by atoms with van der Waals surface area (Å²) in [5.41, 5.74) is 9.91. The zero-order chi connectivity index (χ0) is 20.5. The van der Waals surface area contributed by atoms with E-state index >= 15 is 0 Å². The van der Waals surface area contributed by atoms with Gasteiger partial charge < -0.3 is 15.7 Å². The number of para-hydroxylation sites is 1. The Hall–Kier alpha value is -3.15. The Morgan fingerprint density at radius 2 is 2.13 bits per heavy atom. The van der Waals surface area contributed by atoms with Crippen molar-refractivity contribution < 1.29 is 5.11 Å². The molecule has 30 heavy (non-hydrogen) atoms. The Morgan fingerprint density at radius 3 is 2.83 bits per heavy atom. The van der Waals surface area contributed by atoms with Gasteiger partial charge in [-0.1, -0.05) is 31.7 Å². The van der Waals surface area contributed by atoms with Crippen LogP contribution in [0.1, 0.15) is 31.5 Å². The van der Waals surface area contributed by atoms with E-state index in [1.165, 1.54) is 4.57 Å². The Bertz CT molecular complexity index is 1160. The van der Waals surface area contributed by atoms with Gasteiger partial charge in [-0.05, 0) is 24.5 Å². The van der Waals surface area contributed by atoms with Gasteiger partial charge in [0.15, 0.2) is 11.3 Å². The quantitative estimate of drug-likeness (QED) is 0.647. The third-order valence-corrected chi connectivity index (χ3v) is 5.51. The number of aliphatic hydroxyl groups excluding tert-OH is 1. The van der Waals surface area contributed by atoms with Crippen molar-refractivity contribution in [3.63, 3.8) is 0 Å². The summed E-state index contributed by atoms with van der Waals surface area (Å²) in [4.78, 5) is 23.4. The van der Waals surface area contributed by atoms with Crippen LogP contribution in [0.5, 0.6) is 0 Å². The lowest BCUT2D eigenvalue weighted by molar-refractivity contribution is 0.277. The molecule has 0 saturated carbocycles. The lowest BCUT2D eigenvalue weighted by atomic mass is 10.1. The zero-order valence-electron chi connectivity index (χ0n) is 16.4. The third-order valence-electron chi connectivity index (χ3n) is 5.51. The summed E-state index contributed by atoms with van der Waals surface area (Å²) in [5, 5.41) is 9.71. The summed E-state index contributed by atoms with van der Waals surface area (Å²) in [7, 11) is 1.68. The number of rotatable bonds is 4. The van der Waals surface area contributed by atoms with Crippen molar-refractivity contribution in [3.05, 3.63) is 63.5 Å². The number of benzene rings is 1. The summed E-state index contributed by atoms with van der Waals surface area (Å²) < 4.78 is 3.17. The van der Waals surface area contributed by atoms with Gasteiger partial charge in [-0.15, -0.1) is 0 Å². The van der Waals surface area contributed by atoms with E-state index in [9.17, 15) is 9.90 Å². The highest BCUT2D eigenvalue weighted by atomic mass is 16.3. The number of pyridine rings is 1. The highest BCUT2D eigenvalue weighted by Crippen LogP contribution is 2.30. The molecule has 0 aliphatic carbocycles. The van der Waals surface area contributed by atoms with Crippen LogP contribution >= 0.6 is 0 Å². The van der Waals surface area contributed by atoms with Gasteiger partial charge in [-0.25, -0.2) is 14.6 Å². The molecule has 1 atom stereocenters. The SMILES string of the molecule is C.[C-]#[N+]c1ccccc1Cn1c(=O)n(C)c2nc(CO)cc(N3CCC[C@@H](N)C3)c21. The average molecular weight is 409 g/mol.